The molecule has 1 fully saturated rings. The van der Waals surface area contributed by atoms with E-state index in [4.69, 9.17) is 9.47 Å². The number of methoxy groups -OCH3 is 1. The Labute approximate surface area is 87.3 Å². The quantitative estimate of drug-likeness (QED) is 0.823. The van der Waals surface area contributed by atoms with E-state index in [1.54, 1.807) is 13.3 Å². The zero-order chi connectivity index (χ0) is 9.80. The predicted molar refractivity (Wildman–Crippen MR) is 55.2 cm³/mol. The number of hydrogen-bond donors (Lipinski definition) is 1. The van der Waals surface area contributed by atoms with E-state index in [2.05, 4.69) is 10.3 Å². The number of thiazole rings is 1. The first-order valence-corrected chi connectivity index (χ1v) is 5.57. The Morgan fingerprint density at radius 3 is 3.21 bits per heavy atom. The number of aromatic nitrogens is 1. The predicted octanol–water partition coefficient (Wildman–Crippen LogP) is 1.28. The van der Waals surface area contributed by atoms with Crippen molar-refractivity contribution in [2.24, 2.45) is 0 Å². The Balaban J connectivity index is 1.89. The molecule has 78 valence electrons. The van der Waals surface area contributed by atoms with Crippen LogP contribution in [0, 0.1) is 0 Å². The number of nitrogens with zero attached hydrogens (tertiary/aromatic N) is 1. The van der Waals surface area contributed by atoms with Crippen LogP contribution < -0.4 is 14.8 Å². The van der Waals surface area contributed by atoms with Gasteiger partial charge in [-0.15, -0.1) is 0 Å². The first kappa shape index (κ1) is 9.73. The molecule has 1 aromatic heterocycles. The van der Waals surface area contributed by atoms with Gasteiger partial charge in [0.15, 0.2) is 5.06 Å². The van der Waals surface area contributed by atoms with Crippen molar-refractivity contribution in [2.75, 3.05) is 20.2 Å². The van der Waals surface area contributed by atoms with Gasteiger partial charge in [-0.05, 0) is 30.7 Å². The molecule has 4 nitrogen and oxygen atoms in total. The summed E-state index contributed by atoms with van der Waals surface area (Å²) in [5, 5.41) is 4.80. The fourth-order valence-corrected chi connectivity index (χ4v) is 2.13. The molecule has 1 unspecified atom stereocenters. The summed E-state index contributed by atoms with van der Waals surface area (Å²) in [6.07, 6.45) is 4.31. The molecule has 2 heterocycles. The molecule has 0 saturated carbocycles. The molecule has 1 aromatic rings. The lowest BCUT2D eigenvalue weighted by Gasteiger charge is -2.22. The molecule has 14 heavy (non-hydrogen) atoms. The van der Waals surface area contributed by atoms with E-state index in [0.29, 0.717) is 5.19 Å². The summed E-state index contributed by atoms with van der Waals surface area (Å²) < 4.78 is 10.7. The topological polar surface area (TPSA) is 43.4 Å². The zero-order valence-corrected chi connectivity index (χ0v) is 8.97. The van der Waals surface area contributed by atoms with Crippen LogP contribution in [0.4, 0.5) is 0 Å². The van der Waals surface area contributed by atoms with E-state index in [1.165, 1.54) is 17.8 Å². The number of rotatable bonds is 3. The van der Waals surface area contributed by atoms with Gasteiger partial charge < -0.3 is 14.8 Å². The van der Waals surface area contributed by atoms with Crippen LogP contribution in [0.1, 0.15) is 12.8 Å². The Hall–Kier alpha value is -0.810. The van der Waals surface area contributed by atoms with Gasteiger partial charge in [-0.1, -0.05) is 0 Å². The largest absolute Gasteiger partial charge is 0.478 e. The maximum Gasteiger partial charge on any atom is 0.276 e. The third-order valence-electron chi connectivity index (χ3n) is 2.17. The fourth-order valence-electron chi connectivity index (χ4n) is 1.48. The summed E-state index contributed by atoms with van der Waals surface area (Å²) in [5.41, 5.74) is 0. The van der Waals surface area contributed by atoms with Crippen molar-refractivity contribution in [3.63, 3.8) is 0 Å². The van der Waals surface area contributed by atoms with Gasteiger partial charge in [-0.2, -0.15) is 0 Å². The van der Waals surface area contributed by atoms with Crippen molar-refractivity contribution >= 4 is 11.3 Å². The number of hydrogen-bond acceptors (Lipinski definition) is 5. The van der Waals surface area contributed by atoms with Crippen LogP contribution in [-0.4, -0.2) is 31.3 Å². The maximum absolute atomic E-state index is 5.75. The minimum absolute atomic E-state index is 0.286. The average Bonchev–Trinajstić information content (AvgIpc) is 2.67. The second-order valence-electron chi connectivity index (χ2n) is 3.24. The molecule has 0 amide bonds. The van der Waals surface area contributed by atoms with Crippen LogP contribution in [0.15, 0.2) is 6.20 Å². The van der Waals surface area contributed by atoms with Gasteiger partial charge in [-0.25, -0.2) is 4.98 Å². The Kier molecular flexibility index (Phi) is 3.21. The minimum Gasteiger partial charge on any atom is -0.478 e. The Morgan fingerprint density at radius 2 is 2.57 bits per heavy atom. The SMILES string of the molecule is COc1ncc(OC2CCCNC2)s1. The highest BCUT2D eigenvalue weighted by molar-refractivity contribution is 7.15. The van der Waals surface area contributed by atoms with Gasteiger partial charge in [0.2, 0.25) is 0 Å². The fraction of sp³-hybridized carbons (Fsp3) is 0.667. The van der Waals surface area contributed by atoms with Crippen molar-refractivity contribution in [3.05, 3.63) is 6.20 Å². The summed E-state index contributed by atoms with van der Waals surface area (Å²) in [4.78, 5) is 4.05. The van der Waals surface area contributed by atoms with E-state index < -0.39 is 0 Å². The van der Waals surface area contributed by atoms with Crippen molar-refractivity contribution < 1.29 is 9.47 Å². The molecule has 1 N–H and O–H groups in total. The van der Waals surface area contributed by atoms with Crippen LogP contribution >= 0.6 is 11.3 Å². The highest BCUT2D eigenvalue weighted by atomic mass is 32.1. The van der Waals surface area contributed by atoms with Gasteiger partial charge in [0.25, 0.3) is 5.19 Å². The van der Waals surface area contributed by atoms with Crippen molar-refractivity contribution in [3.8, 4) is 10.3 Å². The van der Waals surface area contributed by atoms with Crippen LogP contribution in [0.2, 0.25) is 0 Å². The third kappa shape index (κ3) is 2.36. The van der Waals surface area contributed by atoms with Crippen LogP contribution in [-0.2, 0) is 0 Å². The molecule has 0 radical (unpaired) electrons. The van der Waals surface area contributed by atoms with Gasteiger partial charge in [0.05, 0.1) is 13.3 Å². The number of ether oxygens (including phenoxy) is 2. The second-order valence-corrected chi connectivity index (χ2v) is 4.19. The van der Waals surface area contributed by atoms with Crippen molar-refractivity contribution in [1.82, 2.24) is 10.3 Å². The summed E-state index contributed by atoms with van der Waals surface area (Å²) >= 11 is 1.44. The summed E-state index contributed by atoms with van der Waals surface area (Å²) in [6.45, 7) is 2.03. The molecular weight excluding hydrogens is 200 g/mol. The molecule has 1 aliphatic rings. The first-order valence-electron chi connectivity index (χ1n) is 4.75. The van der Waals surface area contributed by atoms with Crippen molar-refractivity contribution in [2.45, 2.75) is 18.9 Å². The van der Waals surface area contributed by atoms with E-state index >= 15 is 0 Å². The van der Waals surface area contributed by atoms with E-state index in [-0.39, 0.29) is 6.10 Å². The molecule has 1 atom stereocenters. The Bertz CT molecular complexity index is 284. The highest BCUT2D eigenvalue weighted by Gasteiger charge is 2.15. The standard InChI is InChI=1S/C9H14N2O2S/c1-12-9-11-6-8(14-9)13-7-3-2-4-10-5-7/h6-7,10H,2-5H2,1H3. The molecule has 0 aliphatic carbocycles. The summed E-state index contributed by atoms with van der Waals surface area (Å²) in [5.74, 6) is 0. The first-order chi connectivity index (χ1) is 6.88. The lowest BCUT2D eigenvalue weighted by molar-refractivity contribution is 0.172. The molecule has 0 spiro atoms. The molecule has 5 heteroatoms. The van der Waals surface area contributed by atoms with E-state index in [1.807, 2.05) is 0 Å². The zero-order valence-electron chi connectivity index (χ0n) is 8.16. The molecule has 0 bridgehead atoms. The third-order valence-corrected chi connectivity index (χ3v) is 3.02. The highest BCUT2D eigenvalue weighted by Crippen LogP contribution is 2.28. The average molecular weight is 214 g/mol. The second kappa shape index (κ2) is 4.61. The smallest absolute Gasteiger partial charge is 0.276 e. The maximum atomic E-state index is 5.75. The number of piperidine rings is 1. The van der Waals surface area contributed by atoms with Gasteiger partial charge in [-0.3, -0.25) is 0 Å². The summed E-state index contributed by atoms with van der Waals surface area (Å²) in [7, 11) is 1.62. The molecule has 1 aliphatic heterocycles. The van der Waals surface area contributed by atoms with E-state index in [0.717, 1.165) is 24.6 Å². The Morgan fingerprint density at radius 1 is 1.64 bits per heavy atom. The molecule has 0 aromatic carbocycles. The lowest BCUT2D eigenvalue weighted by atomic mass is 10.1. The lowest BCUT2D eigenvalue weighted by Crippen LogP contribution is -2.36. The molecular formula is C9H14N2O2S. The summed E-state index contributed by atoms with van der Waals surface area (Å²) in [6, 6.07) is 0. The van der Waals surface area contributed by atoms with Crippen LogP contribution in [0.25, 0.3) is 0 Å². The number of nitrogens with one attached hydrogen (secondary N) is 1. The van der Waals surface area contributed by atoms with E-state index in [9.17, 15) is 0 Å². The van der Waals surface area contributed by atoms with Gasteiger partial charge in [0, 0.05) is 6.54 Å². The van der Waals surface area contributed by atoms with Gasteiger partial charge in [0.1, 0.15) is 6.10 Å². The monoisotopic (exact) mass is 214 g/mol. The molecule has 1 saturated heterocycles. The van der Waals surface area contributed by atoms with Gasteiger partial charge >= 0.3 is 0 Å². The normalized spacial score (nSPS) is 21.9. The van der Waals surface area contributed by atoms with Crippen LogP contribution in [0.3, 0.4) is 0 Å². The van der Waals surface area contributed by atoms with Crippen molar-refractivity contribution in [1.29, 1.82) is 0 Å². The molecule has 2 rings (SSSR count). The van der Waals surface area contributed by atoms with Crippen LogP contribution in [0.5, 0.6) is 10.3 Å². The minimum atomic E-state index is 0.286.